The van der Waals surface area contributed by atoms with Crippen LogP contribution in [0.3, 0.4) is 0 Å². The van der Waals surface area contributed by atoms with Gasteiger partial charge in [0.05, 0.1) is 31.9 Å². The standard InChI is InChI=1S/C25H35N3O5/c1-14(2)10-17(11-23(29)30)26-25(31)19-12-20(28(27-19)13-18-15(3)16(18)4)24-21(32-5)8-7-9-22(24)33-6/h7-9,12,14-18H,10-11,13H2,1-6H3,(H,26,31)(H,29,30). The molecule has 1 aliphatic carbocycles. The molecule has 0 saturated heterocycles. The highest BCUT2D eigenvalue weighted by atomic mass is 16.5. The molecule has 0 aliphatic heterocycles. The van der Waals surface area contributed by atoms with Crippen molar-refractivity contribution in [3.05, 3.63) is 30.0 Å². The smallest absolute Gasteiger partial charge is 0.305 e. The normalized spacial score (nSPS) is 20.4. The lowest BCUT2D eigenvalue weighted by Crippen LogP contribution is -2.37. The van der Waals surface area contributed by atoms with Crippen molar-refractivity contribution in [3.63, 3.8) is 0 Å². The minimum absolute atomic E-state index is 0.130. The number of hydrogen-bond acceptors (Lipinski definition) is 5. The van der Waals surface area contributed by atoms with Crippen molar-refractivity contribution in [2.75, 3.05) is 14.2 Å². The number of aromatic nitrogens is 2. The van der Waals surface area contributed by atoms with Crippen molar-refractivity contribution in [3.8, 4) is 22.8 Å². The van der Waals surface area contributed by atoms with E-state index in [0.717, 1.165) is 11.3 Å². The molecule has 0 spiro atoms. The second-order valence-corrected chi connectivity index (χ2v) is 9.41. The molecule has 1 aromatic carbocycles. The van der Waals surface area contributed by atoms with Gasteiger partial charge in [-0.2, -0.15) is 5.10 Å². The number of benzene rings is 1. The van der Waals surface area contributed by atoms with E-state index in [2.05, 4.69) is 24.3 Å². The number of rotatable bonds is 11. The summed E-state index contributed by atoms with van der Waals surface area (Å²) in [7, 11) is 3.19. The summed E-state index contributed by atoms with van der Waals surface area (Å²) in [5.41, 5.74) is 1.72. The van der Waals surface area contributed by atoms with E-state index in [-0.39, 0.29) is 23.9 Å². The maximum atomic E-state index is 13.1. The second kappa shape index (κ2) is 10.3. The summed E-state index contributed by atoms with van der Waals surface area (Å²) in [6.45, 7) is 9.12. The summed E-state index contributed by atoms with van der Waals surface area (Å²) >= 11 is 0. The predicted molar refractivity (Wildman–Crippen MR) is 126 cm³/mol. The molecule has 1 saturated carbocycles. The maximum Gasteiger partial charge on any atom is 0.305 e. The van der Waals surface area contributed by atoms with Gasteiger partial charge in [0, 0.05) is 12.6 Å². The van der Waals surface area contributed by atoms with Crippen LogP contribution in [0.25, 0.3) is 11.3 Å². The van der Waals surface area contributed by atoms with Gasteiger partial charge in [-0.05, 0) is 48.3 Å². The summed E-state index contributed by atoms with van der Waals surface area (Å²) in [6, 6.07) is 6.82. The first kappa shape index (κ1) is 24.6. The Kier molecular flexibility index (Phi) is 7.66. The molecule has 2 aromatic rings. The van der Waals surface area contributed by atoms with Gasteiger partial charge in [-0.15, -0.1) is 0 Å². The molecule has 1 fully saturated rings. The molecule has 8 heteroatoms. The summed E-state index contributed by atoms with van der Waals surface area (Å²) in [5.74, 6) is 1.83. The molecule has 180 valence electrons. The van der Waals surface area contributed by atoms with Crippen molar-refractivity contribution >= 4 is 11.9 Å². The fraction of sp³-hybridized carbons (Fsp3) is 0.560. The molecule has 1 aromatic heterocycles. The molecule has 3 unspecified atom stereocenters. The summed E-state index contributed by atoms with van der Waals surface area (Å²) in [5, 5.41) is 16.8. The van der Waals surface area contributed by atoms with E-state index in [1.807, 2.05) is 36.7 Å². The van der Waals surface area contributed by atoms with Crippen molar-refractivity contribution in [2.24, 2.45) is 23.7 Å². The van der Waals surface area contributed by atoms with Crippen LogP contribution in [0, 0.1) is 23.7 Å². The quantitative estimate of drug-likeness (QED) is 0.527. The largest absolute Gasteiger partial charge is 0.496 e. The van der Waals surface area contributed by atoms with Crippen LogP contribution >= 0.6 is 0 Å². The van der Waals surface area contributed by atoms with Gasteiger partial charge in [-0.3, -0.25) is 14.3 Å². The fourth-order valence-corrected chi connectivity index (χ4v) is 4.50. The SMILES string of the molecule is COc1cccc(OC)c1-c1cc(C(=O)NC(CC(=O)O)CC(C)C)nn1CC1C(C)C1C. The molecule has 1 aliphatic rings. The Morgan fingerprint density at radius 1 is 1.15 bits per heavy atom. The molecule has 0 bridgehead atoms. The fourth-order valence-electron chi connectivity index (χ4n) is 4.50. The van der Waals surface area contributed by atoms with Gasteiger partial charge in [0.15, 0.2) is 5.69 Å². The average molecular weight is 458 g/mol. The van der Waals surface area contributed by atoms with Crippen molar-refractivity contribution < 1.29 is 24.2 Å². The highest BCUT2D eigenvalue weighted by Gasteiger charge is 2.43. The zero-order valence-electron chi connectivity index (χ0n) is 20.3. The molecule has 2 N–H and O–H groups in total. The van der Waals surface area contributed by atoms with Crippen LogP contribution in [-0.2, 0) is 11.3 Å². The van der Waals surface area contributed by atoms with E-state index < -0.39 is 12.0 Å². The zero-order chi connectivity index (χ0) is 24.3. The van der Waals surface area contributed by atoms with E-state index >= 15 is 0 Å². The topological polar surface area (TPSA) is 103 Å². The Morgan fingerprint density at radius 2 is 1.76 bits per heavy atom. The number of nitrogens with one attached hydrogen (secondary N) is 1. The first-order valence-electron chi connectivity index (χ1n) is 11.5. The number of carboxylic acid groups (broad SMARTS) is 1. The Hall–Kier alpha value is -3.03. The van der Waals surface area contributed by atoms with Gasteiger partial charge in [0.1, 0.15) is 11.5 Å². The average Bonchev–Trinajstić information content (AvgIpc) is 3.12. The van der Waals surface area contributed by atoms with Crippen LogP contribution in [0.4, 0.5) is 0 Å². The molecule has 1 heterocycles. The van der Waals surface area contributed by atoms with Crippen LogP contribution < -0.4 is 14.8 Å². The number of aliphatic carboxylic acids is 1. The lowest BCUT2D eigenvalue weighted by atomic mass is 10.0. The maximum absolute atomic E-state index is 13.1. The van der Waals surface area contributed by atoms with Gasteiger partial charge in [-0.25, -0.2) is 0 Å². The van der Waals surface area contributed by atoms with Gasteiger partial charge < -0.3 is 19.9 Å². The van der Waals surface area contributed by atoms with Crippen LogP contribution in [-0.4, -0.2) is 47.0 Å². The third-order valence-electron chi connectivity index (χ3n) is 6.63. The van der Waals surface area contributed by atoms with Crippen LogP contribution in [0.2, 0.25) is 0 Å². The Bertz CT molecular complexity index is 970. The van der Waals surface area contributed by atoms with Gasteiger partial charge in [-0.1, -0.05) is 33.8 Å². The molecular formula is C25H35N3O5. The van der Waals surface area contributed by atoms with Crippen LogP contribution in [0.1, 0.15) is 51.0 Å². The van der Waals surface area contributed by atoms with E-state index in [1.165, 1.54) is 0 Å². The summed E-state index contributed by atoms with van der Waals surface area (Å²) in [6.07, 6.45) is 0.442. The number of carbonyl (C=O) groups is 2. The van der Waals surface area contributed by atoms with Crippen LogP contribution in [0.5, 0.6) is 11.5 Å². The minimum atomic E-state index is -0.942. The third kappa shape index (κ3) is 5.67. The van der Waals surface area contributed by atoms with Gasteiger partial charge in [0.25, 0.3) is 5.91 Å². The molecule has 8 nitrogen and oxygen atoms in total. The van der Waals surface area contributed by atoms with Crippen LogP contribution in [0.15, 0.2) is 24.3 Å². The number of carboxylic acids is 1. The predicted octanol–water partition coefficient (Wildman–Crippen LogP) is 4.09. The third-order valence-corrected chi connectivity index (χ3v) is 6.63. The number of amides is 1. The zero-order valence-corrected chi connectivity index (χ0v) is 20.3. The van der Waals surface area contributed by atoms with Crippen molar-refractivity contribution in [2.45, 2.75) is 53.1 Å². The molecule has 3 atom stereocenters. The number of nitrogens with zero attached hydrogens (tertiary/aromatic N) is 2. The van der Waals surface area contributed by atoms with E-state index in [9.17, 15) is 14.7 Å². The molecule has 3 rings (SSSR count). The monoisotopic (exact) mass is 457 g/mol. The summed E-state index contributed by atoms with van der Waals surface area (Å²) < 4.78 is 13.0. The molecule has 0 radical (unpaired) electrons. The highest BCUT2D eigenvalue weighted by molar-refractivity contribution is 5.94. The number of carbonyl (C=O) groups excluding carboxylic acids is 1. The Balaban J connectivity index is 1.98. The number of hydrogen-bond donors (Lipinski definition) is 2. The molecule has 33 heavy (non-hydrogen) atoms. The minimum Gasteiger partial charge on any atom is -0.496 e. The van der Waals surface area contributed by atoms with Crippen molar-refractivity contribution in [1.82, 2.24) is 15.1 Å². The molecule has 1 amide bonds. The lowest BCUT2D eigenvalue weighted by Gasteiger charge is -2.18. The Labute approximate surface area is 195 Å². The van der Waals surface area contributed by atoms with E-state index in [4.69, 9.17) is 9.47 Å². The summed E-state index contributed by atoms with van der Waals surface area (Å²) in [4.78, 5) is 24.4. The van der Waals surface area contributed by atoms with Gasteiger partial charge in [0.2, 0.25) is 0 Å². The van der Waals surface area contributed by atoms with E-state index in [0.29, 0.717) is 42.2 Å². The molecular weight excluding hydrogens is 422 g/mol. The van der Waals surface area contributed by atoms with E-state index in [1.54, 1.807) is 20.3 Å². The lowest BCUT2D eigenvalue weighted by molar-refractivity contribution is -0.137. The first-order chi connectivity index (χ1) is 15.7. The number of ether oxygens (including phenoxy) is 2. The number of methoxy groups -OCH3 is 2. The second-order valence-electron chi connectivity index (χ2n) is 9.41. The first-order valence-corrected chi connectivity index (χ1v) is 11.5. The van der Waals surface area contributed by atoms with Crippen molar-refractivity contribution in [1.29, 1.82) is 0 Å². The van der Waals surface area contributed by atoms with Gasteiger partial charge >= 0.3 is 5.97 Å². The Morgan fingerprint density at radius 3 is 2.24 bits per heavy atom. The highest BCUT2D eigenvalue weighted by Crippen LogP contribution is 2.47.